The third-order valence-corrected chi connectivity index (χ3v) is 5.35. The molecule has 6 heteroatoms. The molecule has 0 saturated carbocycles. The SMILES string of the molecule is CN=C(NCCCC(=O)N1Cc2ccccc2C1)NC(C)c1ccccc1Cl. The van der Waals surface area contributed by atoms with E-state index in [1.807, 2.05) is 48.2 Å². The van der Waals surface area contributed by atoms with Gasteiger partial charge in [0.2, 0.25) is 5.91 Å². The molecule has 0 saturated heterocycles. The second kappa shape index (κ2) is 9.60. The summed E-state index contributed by atoms with van der Waals surface area (Å²) >= 11 is 6.26. The Morgan fingerprint density at radius 3 is 2.43 bits per heavy atom. The van der Waals surface area contributed by atoms with Crippen molar-refractivity contribution in [3.63, 3.8) is 0 Å². The minimum Gasteiger partial charge on any atom is -0.356 e. The Morgan fingerprint density at radius 1 is 1.14 bits per heavy atom. The largest absolute Gasteiger partial charge is 0.356 e. The molecule has 1 amide bonds. The van der Waals surface area contributed by atoms with Crippen molar-refractivity contribution in [2.24, 2.45) is 4.99 Å². The molecule has 1 heterocycles. The Hall–Kier alpha value is -2.53. The topological polar surface area (TPSA) is 56.7 Å². The lowest BCUT2D eigenvalue weighted by atomic mass is 10.1. The molecule has 5 nitrogen and oxygen atoms in total. The molecule has 2 N–H and O–H groups in total. The van der Waals surface area contributed by atoms with Crippen molar-refractivity contribution in [3.05, 3.63) is 70.2 Å². The number of hydrogen-bond acceptors (Lipinski definition) is 2. The molecule has 1 atom stereocenters. The summed E-state index contributed by atoms with van der Waals surface area (Å²) in [6.07, 6.45) is 1.28. The average Bonchev–Trinajstić information content (AvgIpc) is 3.14. The highest BCUT2D eigenvalue weighted by molar-refractivity contribution is 6.31. The summed E-state index contributed by atoms with van der Waals surface area (Å²) in [5, 5.41) is 7.35. The zero-order chi connectivity index (χ0) is 19.9. The van der Waals surface area contributed by atoms with E-state index in [1.54, 1.807) is 7.05 Å². The number of benzene rings is 2. The summed E-state index contributed by atoms with van der Waals surface area (Å²) in [4.78, 5) is 18.7. The maximum atomic E-state index is 12.5. The number of amides is 1. The van der Waals surface area contributed by atoms with Crippen LogP contribution in [-0.2, 0) is 17.9 Å². The van der Waals surface area contributed by atoms with Crippen LogP contribution >= 0.6 is 11.6 Å². The molecule has 28 heavy (non-hydrogen) atoms. The van der Waals surface area contributed by atoms with Gasteiger partial charge < -0.3 is 15.5 Å². The molecular weight excluding hydrogens is 372 g/mol. The van der Waals surface area contributed by atoms with Crippen molar-refractivity contribution < 1.29 is 4.79 Å². The van der Waals surface area contributed by atoms with Gasteiger partial charge >= 0.3 is 0 Å². The van der Waals surface area contributed by atoms with E-state index in [2.05, 4.69) is 27.8 Å². The maximum Gasteiger partial charge on any atom is 0.223 e. The highest BCUT2D eigenvalue weighted by atomic mass is 35.5. The van der Waals surface area contributed by atoms with Crippen LogP contribution < -0.4 is 10.6 Å². The van der Waals surface area contributed by atoms with Gasteiger partial charge in [0.1, 0.15) is 0 Å². The molecule has 1 aliphatic rings. The van der Waals surface area contributed by atoms with E-state index in [9.17, 15) is 4.79 Å². The first-order chi connectivity index (χ1) is 13.6. The summed E-state index contributed by atoms with van der Waals surface area (Å²) in [6, 6.07) is 16.1. The van der Waals surface area contributed by atoms with Crippen LogP contribution in [0, 0.1) is 0 Å². The predicted molar refractivity (Wildman–Crippen MR) is 114 cm³/mol. The van der Waals surface area contributed by atoms with E-state index < -0.39 is 0 Å². The Morgan fingerprint density at radius 2 is 1.79 bits per heavy atom. The van der Waals surface area contributed by atoms with Crippen molar-refractivity contribution in [1.29, 1.82) is 0 Å². The number of nitrogens with one attached hydrogen (secondary N) is 2. The third-order valence-electron chi connectivity index (χ3n) is 5.00. The lowest BCUT2D eigenvalue weighted by molar-refractivity contribution is -0.131. The number of fused-ring (bicyclic) bond motifs is 1. The zero-order valence-electron chi connectivity index (χ0n) is 16.4. The molecule has 1 unspecified atom stereocenters. The number of rotatable bonds is 6. The van der Waals surface area contributed by atoms with Gasteiger partial charge in [0.05, 0.1) is 6.04 Å². The Labute approximate surface area is 171 Å². The van der Waals surface area contributed by atoms with Gasteiger partial charge in [0.25, 0.3) is 0 Å². The van der Waals surface area contributed by atoms with E-state index in [0.717, 1.165) is 30.1 Å². The number of hydrogen-bond donors (Lipinski definition) is 2. The number of carbonyl (C=O) groups is 1. The van der Waals surface area contributed by atoms with Crippen molar-refractivity contribution in [2.45, 2.75) is 38.9 Å². The van der Waals surface area contributed by atoms with Crippen LogP contribution in [0.1, 0.15) is 42.5 Å². The first kappa shape index (κ1) is 20.2. The van der Waals surface area contributed by atoms with Crippen molar-refractivity contribution in [3.8, 4) is 0 Å². The summed E-state index contributed by atoms with van der Waals surface area (Å²) < 4.78 is 0. The summed E-state index contributed by atoms with van der Waals surface area (Å²) in [7, 11) is 1.74. The van der Waals surface area contributed by atoms with E-state index in [0.29, 0.717) is 18.9 Å². The lowest BCUT2D eigenvalue weighted by Crippen LogP contribution is -2.39. The monoisotopic (exact) mass is 398 g/mol. The van der Waals surface area contributed by atoms with E-state index in [1.165, 1.54) is 11.1 Å². The standard InChI is InChI=1S/C22H27ClN4O/c1-16(19-10-5-6-11-20(19)23)26-22(24-2)25-13-7-12-21(28)27-14-17-8-3-4-9-18(17)15-27/h3-6,8-11,16H,7,12-15H2,1-2H3,(H2,24,25,26). The van der Waals surface area contributed by atoms with Gasteiger partial charge in [-0.05, 0) is 36.1 Å². The third kappa shape index (κ3) is 5.04. The normalized spacial score (nSPS) is 14.5. The van der Waals surface area contributed by atoms with Crippen LogP contribution in [0.2, 0.25) is 5.02 Å². The van der Waals surface area contributed by atoms with Gasteiger partial charge in [-0.2, -0.15) is 0 Å². The van der Waals surface area contributed by atoms with Crippen LogP contribution in [0.5, 0.6) is 0 Å². The Kier molecular flexibility index (Phi) is 6.93. The Bertz CT molecular complexity index is 827. The van der Waals surface area contributed by atoms with Crippen molar-refractivity contribution in [2.75, 3.05) is 13.6 Å². The highest BCUT2D eigenvalue weighted by Crippen LogP contribution is 2.23. The number of nitrogens with zero attached hydrogens (tertiary/aromatic N) is 2. The molecule has 1 aliphatic heterocycles. The minimum atomic E-state index is 0.0321. The molecule has 0 aromatic heterocycles. The molecule has 0 aliphatic carbocycles. The van der Waals surface area contributed by atoms with Crippen LogP contribution in [-0.4, -0.2) is 30.4 Å². The quantitative estimate of drug-likeness (QED) is 0.441. The van der Waals surface area contributed by atoms with Crippen molar-refractivity contribution >= 4 is 23.5 Å². The first-order valence-electron chi connectivity index (χ1n) is 9.64. The molecule has 0 radical (unpaired) electrons. The molecule has 0 bridgehead atoms. The number of halogens is 1. The molecule has 2 aromatic carbocycles. The van der Waals surface area contributed by atoms with Gasteiger partial charge in [-0.3, -0.25) is 9.79 Å². The summed E-state index contributed by atoms with van der Waals surface area (Å²) in [5.74, 6) is 0.902. The summed E-state index contributed by atoms with van der Waals surface area (Å²) in [6.45, 7) is 4.17. The molecule has 148 valence electrons. The molecule has 2 aromatic rings. The van der Waals surface area contributed by atoms with Gasteiger partial charge in [0, 0.05) is 38.1 Å². The molecule has 0 fully saturated rings. The van der Waals surface area contributed by atoms with Gasteiger partial charge in [-0.1, -0.05) is 54.1 Å². The van der Waals surface area contributed by atoms with Crippen LogP contribution in [0.3, 0.4) is 0 Å². The predicted octanol–water partition coefficient (Wildman–Crippen LogP) is 3.89. The van der Waals surface area contributed by atoms with Crippen LogP contribution in [0.25, 0.3) is 0 Å². The smallest absolute Gasteiger partial charge is 0.223 e. The van der Waals surface area contributed by atoms with Gasteiger partial charge in [0.15, 0.2) is 5.96 Å². The maximum absolute atomic E-state index is 12.5. The highest BCUT2D eigenvalue weighted by Gasteiger charge is 2.22. The number of aliphatic imine (C=N–C) groups is 1. The van der Waals surface area contributed by atoms with E-state index in [4.69, 9.17) is 11.6 Å². The zero-order valence-corrected chi connectivity index (χ0v) is 17.2. The van der Waals surface area contributed by atoms with Crippen molar-refractivity contribution in [1.82, 2.24) is 15.5 Å². The first-order valence-corrected chi connectivity index (χ1v) is 10.0. The molecular formula is C22H27ClN4O. The average molecular weight is 399 g/mol. The van der Waals surface area contributed by atoms with E-state index >= 15 is 0 Å². The lowest BCUT2D eigenvalue weighted by Gasteiger charge is -2.19. The second-order valence-corrected chi connectivity index (χ2v) is 7.42. The fourth-order valence-electron chi connectivity index (χ4n) is 3.42. The summed E-state index contributed by atoms with van der Waals surface area (Å²) in [5.41, 5.74) is 3.54. The minimum absolute atomic E-state index is 0.0321. The molecule has 3 rings (SSSR count). The van der Waals surface area contributed by atoms with Crippen LogP contribution in [0.15, 0.2) is 53.5 Å². The second-order valence-electron chi connectivity index (χ2n) is 7.01. The fourth-order valence-corrected chi connectivity index (χ4v) is 3.72. The van der Waals surface area contributed by atoms with E-state index in [-0.39, 0.29) is 11.9 Å². The Balaban J connectivity index is 1.40. The molecule has 0 spiro atoms. The number of carbonyl (C=O) groups excluding carboxylic acids is 1. The van der Waals surface area contributed by atoms with Gasteiger partial charge in [-0.25, -0.2) is 0 Å². The fraction of sp³-hybridized carbons (Fsp3) is 0.364. The van der Waals surface area contributed by atoms with Gasteiger partial charge in [-0.15, -0.1) is 0 Å². The number of guanidine groups is 1. The van der Waals surface area contributed by atoms with Crippen LogP contribution in [0.4, 0.5) is 0 Å².